The van der Waals surface area contributed by atoms with Crippen LogP contribution in [-0.4, -0.2) is 57.9 Å². The van der Waals surface area contributed by atoms with E-state index < -0.39 is 33.4 Å². The zero-order chi connectivity index (χ0) is 28.3. The standard InChI is InChI=1S/C24H31ClFN7O4S/c1-6-9-38(36,37)33-17-11-14(26)10-15(18(17)25)19-20(32-21(31-19)24(3,4)5)16-7-8-27-22(30-16)28-12-13(2)29-23(34)35/h7-8,10-11,13,29,33H,6,9,12H2,1-5H3,(H,31,32)(H,34,35)(H,27,28,30). The van der Waals surface area contributed by atoms with Crippen LogP contribution in [0, 0.1) is 5.82 Å². The minimum Gasteiger partial charge on any atom is -0.465 e. The number of sulfonamides is 1. The molecule has 1 amide bonds. The van der Waals surface area contributed by atoms with Crippen molar-refractivity contribution in [1.82, 2.24) is 25.3 Å². The molecule has 0 aliphatic carbocycles. The Bertz CT molecular complexity index is 1420. The number of hydrogen-bond donors (Lipinski definition) is 5. The average Bonchev–Trinajstić information content (AvgIpc) is 3.25. The highest BCUT2D eigenvalue weighted by Gasteiger charge is 2.26. The first-order chi connectivity index (χ1) is 17.7. The fourth-order valence-electron chi connectivity index (χ4n) is 3.52. The zero-order valence-corrected chi connectivity index (χ0v) is 23.3. The summed E-state index contributed by atoms with van der Waals surface area (Å²) in [5.74, 6) is -0.0372. The SMILES string of the molecule is CCCS(=O)(=O)Nc1cc(F)cc(-c2nc(C(C)(C)C)[nH]c2-c2ccnc(NCC(C)NC(=O)O)n2)c1Cl. The fraction of sp³-hybridized carbons (Fsp3) is 0.417. The second kappa shape index (κ2) is 11.5. The summed E-state index contributed by atoms with van der Waals surface area (Å²) in [6.07, 6.45) is 0.746. The smallest absolute Gasteiger partial charge is 0.404 e. The second-order valence-electron chi connectivity index (χ2n) is 9.79. The summed E-state index contributed by atoms with van der Waals surface area (Å²) in [4.78, 5) is 27.5. The highest BCUT2D eigenvalue weighted by molar-refractivity contribution is 7.92. The Morgan fingerprint density at radius 2 is 1.97 bits per heavy atom. The maximum absolute atomic E-state index is 14.7. The van der Waals surface area contributed by atoms with Gasteiger partial charge in [0, 0.05) is 29.8 Å². The van der Waals surface area contributed by atoms with Gasteiger partial charge in [-0.1, -0.05) is 39.3 Å². The Morgan fingerprint density at radius 1 is 1.26 bits per heavy atom. The van der Waals surface area contributed by atoms with E-state index in [0.29, 0.717) is 23.6 Å². The number of halogens is 2. The lowest BCUT2D eigenvalue weighted by Gasteiger charge is -2.14. The van der Waals surface area contributed by atoms with Gasteiger partial charge in [0.15, 0.2) is 0 Å². The van der Waals surface area contributed by atoms with E-state index >= 15 is 0 Å². The number of hydrogen-bond acceptors (Lipinski definition) is 7. The predicted molar refractivity (Wildman–Crippen MR) is 146 cm³/mol. The van der Waals surface area contributed by atoms with Crippen molar-refractivity contribution in [3.8, 4) is 22.6 Å². The Kier molecular flexibility index (Phi) is 8.82. The van der Waals surface area contributed by atoms with Crippen LogP contribution in [0.5, 0.6) is 0 Å². The van der Waals surface area contributed by atoms with Crippen LogP contribution in [0.4, 0.5) is 20.8 Å². The summed E-state index contributed by atoms with van der Waals surface area (Å²) in [5, 5.41) is 14.2. The first-order valence-electron chi connectivity index (χ1n) is 11.9. The lowest BCUT2D eigenvalue weighted by molar-refractivity contribution is 0.191. The van der Waals surface area contributed by atoms with Gasteiger partial charge >= 0.3 is 6.09 Å². The van der Waals surface area contributed by atoms with Crippen molar-refractivity contribution in [2.24, 2.45) is 0 Å². The van der Waals surface area contributed by atoms with Crippen LogP contribution >= 0.6 is 11.6 Å². The summed E-state index contributed by atoms with van der Waals surface area (Å²) in [6, 6.07) is 3.43. The Balaban J connectivity index is 2.10. The van der Waals surface area contributed by atoms with E-state index in [1.807, 2.05) is 20.8 Å². The lowest BCUT2D eigenvalue weighted by atomic mass is 9.96. The van der Waals surface area contributed by atoms with E-state index in [9.17, 15) is 17.6 Å². The molecule has 3 aromatic rings. The summed E-state index contributed by atoms with van der Waals surface area (Å²) in [7, 11) is -3.73. The molecule has 2 aromatic heterocycles. The number of H-pyrrole nitrogens is 1. The number of benzene rings is 1. The number of aromatic nitrogens is 4. The number of rotatable bonds is 10. The van der Waals surface area contributed by atoms with E-state index in [0.717, 1.165) is 6.07 Å². The molecule has 3 rings (SSSR count). The fourth-order valence-corrected chi connectivity index (χ4v) is 4.96. The molecular formula is C24H31ClFN7O4S. The highest BCUT2D eigenvalue weighted by atomic mass is 35.5. The van der Waals surface area contributed by atoms with Crippen molar-refractivity contribution < 1.29 is 22.7 Å². The molecule has 0 bridgehead atoms. The molecule has 38 heavy (non-hydrogen) atoms. The molecule has 0 spiro atoms. The van der Waals surface area contributed by atoms with Crippen LogP contribution in [0.15, 0.2) is 24.4 Å². The van der Waals surface area contributed by atoms with Crippen LogP contribution < -0.4 is 15.4 Å². The summed E-state index contributed by atoms with van der Waals surface area (Å²) in [6.45, 7) is 9.47. The largest absolute Gasteiger partial charge is 0.465 e. The third-order valence-electron chi connectivity index (χ3n) is 5.29. The van der Waals surface area contributed by atoms with Crippen molar-refractivity contribution in [2.75, 3.05) is 22.3 Å². The highest BCUT2D eigenvalue weighted by Crippen LogP contribution is 2.40. The van der Waals surface area contributed by atoms with Gasteiger partial charge in [-0.05, 0) is 31.5 Å². The topological polar surface area (TPSA) is 162 Å². The van der Waals surface area contributed by atoms with E-state index in [-0.39, 0.29) is 40.2 Å². The normalized spacial score (nSPS) is 12.7. The average molecular weight is 568 g/mol. The number of nitrogens with zero attached hydrogens (tertiary/aromatic N) is 3. The molecule has 2 heterocycles. The quantitative estimate of drug-likeness (QED) is 0.232. The molecule has 0 radical (unpaired) electrons. The van der Waals surface area contributed by atoms with Crippen molar-refractivity contribution in [3.63, 3.8) is 0 Å². The summed E-state index contributed by atoms with van der Waals surface area (Å²) in [5.41, 5.74) is 0.770. The van der Waals surface area contributed by atoms with Crippen LogP contribution in [-0.2, 0) is 15.4 Å². The molecule has 1 unspecified atom stereocenters. The third kappa shape index (κ3) is 7.32. The van der Waals surface area contributed by atoms with Gasteiger partial charge in [-0.15, -0.1) is 0 Å². The maximum atomic E-state index is 14.7. The summed E-state index contributed by atoms with van der Waals surface area (Å²) < 4.78 is 41.8. The summed E-state index contributed by atoms with van der Waals surface area (Å²) >= 11 is 6.61. The van der Waals surface area contributed by atoms with Crippen LogP contribution in [0.3, 0.4) is 0 Å². The van der Waals surface area contributed by atoms with Gasteiger partial charge in [-0.25, -0.2) is 32.6 Å². The molecule has 1 atom stereocenters. The molecule has 206 valence electrons. The monoisotopic (exact) mass is 567 g/mol. The molecule has 0 fully saturated rings. The van der Waals surface area contributed by atoms with Crippen LogP contribution in [0.2, 0.25) is 5.02 Å². The number of anilines is 2. The minimum atomic E-state index is -3.73. The first-order valence-corrected chi connectivity index (χ1v) is 13.9. The number of amides is 1. The molecular weight excluding hydrogens is 537 g/mol. The number of nitrogens with one attached hydrogen (secondary N) is 4. The minimum absolute atomic E-state index is 0.0136. The van der Waals surface area contributed by atoms with Crippen LogP contribution in [0.25, 0.3) is 22.6 Å². The van der Waals surface area contributed by atoms with Gasteiger partial charge in [0.2, 0.25) is 16.0 Å². The first kappa shape index (κ1) is 29.1. The lowest BCUT2D eigenvalue weighted by Crippen LogP contribution is -2.36. The van der Waals surface area contributed by atoms with Crippen molar-refractivity contribution in [1.29, 1.82) is 0 Å². The number of carboxylic acid groups (broad SMARTS) is 1. The van der Waals surface area contributed by atoms with Crippen molar-refractivity contribution in [2.45, 2.75) is 52.5 Å². The predicted octanol–water partition coefficient (Wildman–Crippen LogP) is 4.84. The van der Waals surface area contributed by atoms with E-state index in [1.165, 1.54) is 12.3 Å². The molecule has 14 heteroatoms. The van der Waals surface area contributed by atoms with E-state index in [1.54, 1.807) is 19.9 Å². The van der Waals surface area contributed by atoms with Gasteiger partial charge in [-0.2, -0.15) is 0 Å². The molecule has 0 aliphatic rings. The molecule has 1 aromatic carbocycles. The van der Waals surface area contributed by atoms with E-state index in [4.69, 9.17) is 21.7 Å². The second-order valence-corrected chi connectivity index (χ2v) is 12.0. The maximum Gasteiger partial charge on any atom is 0.404 e. The van der Waals surface area contributed by atoms with Gasteiger partial charge < -0.3 is 20.7 Å². The van der Waals surface area contributed by atoms with Gasteiger partial charge in [0.25, 0.3) is 0 Å². The zero-order valence-electron chi connectivity index (χ0n) is 21.7. The van der Waals surface area contributed by atoms with Gasteiger partial charge in [-0.3, -0.25) is 4.72 Å². The Labute approximate surface area is 225 Å². The Morgan fingerprint density at radius 3 is 2.61 bits per heavy atom. The van der Waals surface area contributed by atoms with Crippen LogP contribution in [0.1, 0.15) is 46.9 Å². The molecule has 0 saturated heterocycles. The third-order valence-corrected chi connectivity index (χ3v) is 7.18. The number of aromatic amines is 1. The molecule has 11 nitrogen and oxygen atoms in total. The van der Waals surface area contributed by atoms with E-state index in [2.05, 4.69) is 30.3 Å². The Hall–Kier alpha value is -3.45. The van der Waals surface area contributed by atoms with Crippen molar-refractivity contribution >= 4 is 39.4 Å². The molecule has 0 aliphatic heterocycles. The van der Waals surface area contributed by atoms with Crippen molar-refractivity contribution in [3.05, 3.63) is 41.1 Å². The van der Waals surface area contributed by atoms with Gasteiger partial charge in [0.05, 0.1) is 33.5 Å². The number of carbonyl (C=O) groups is 1. The number of imidazole rings is 1. The molecule has 5 N–H and O–H groups in total. The van der Waals surface area contributed by atoms with Gasteiger partial charge in [0.1, 0.15) is 11.6 Å². The molecule has 0 saturated carbocycles.